The van der Waals surface area contributed by atoms with Crippen LogP contribution in [0.25, 0.3) is 0 Å². The Morgan fingerprint density at radius 3 is 2.62 bits per heavy atom. The standard InChI is InChI=1S/C15H22N2O4/c1-3-5-8-12(14(18)19)17-15(20)16-11-9-6-7-10-13(11)21-4-2/h6-7,9-10,12H,3-5,8H2,1-2H3,(H,18,19)(H2,16,17,20). The third-order valence-electron chi connectivity index (χ3n) is 2.88. The number of unbranched alkanes of at least 4 members (excludes halogenated alkanes) is 1. The van der Waals surface area contributed by atoms with Crippen LogP contribution in [0.3, 0.4) is 0 Å². The van der Waals surface area contributed by atoms with Gasteiger partial charge >= 0.3 is 12.0 Å². The SMILES string of the molecule is CCCCC(NC(=O)Nc1ccccc1OCC)C(=O)O. The van der Waals surface area contributed by atoms with Crippen LogP contribution in [0, 0.1) is 0 Å². The van der Waals surface area contributed by atoms with Gasteiger partial charge in [-0.2, -0.15) is 0 Å². The number of carbonyl (C=O) groups is 2. The number of benzene rings is 1. The molecule has 21 heavy (non-hydrogen) atoms. The Bertz CT molecular complexity index is 476. The highest BCUT2D eigenvalue weighted by Gasteiger charge is 2.19. The summed E-state index contributed by atoms with van der Waals surface area (Å²) in [5.41, 5.74) is 0.511. The summed E-state index contributed by atoms with van der Waals surface area (Å²) in [5.74, 6) is -0.479. The van der Waals surface area contributed by atoms with Crippen LogP contribution in [-0.4, -0.2) is 29.8 Å². The molecule has 3 N–H and O–H groups in total. The summed E-state index contributed by atoms with van der Waals surface area (Å²) < 4.78 is 5.40. The summed E-state index contributed by atoms with van der Waals surface area (Å²) >= 11 is 0. The normalized spacial score (nSPS) is 11.5. The highest BCUT2D eigenvalue weighted by atomic mass is 16.5. The summed E-state index contributed by atoms with van der Waals surface area (Å²) in [5, 5.41) is 14.2. The van der Waals surface area contributed by atoms with Crippen LogP contribution in [-0.2, 0) is 4.79 Å². The molecule has 0 aromatic heterocycles. The van der Waals surface area contributed by atoms with Crippen molar-refractivity contribution in [1.82, 2.24) is 5.32 Å². The predicted molar refractivity (Wildman–Crippen MR) is 80.7 cm³/mol. The zero-order chi connectivity index (χ0) is 15.7. The summed E-state index contributed by atoms with van der Waals surface area (Å²) in [6.07, 6.45) is 2.03. The molecule has 6 heteroatoms. The highest BCUT2D eigenvalue weighted by Crippen LogP contribution is 2.23. The van der Waals surface area contributed by atoms with Gasteiger partial charge < -0.3 is 20.5 Å². The molecular formula is C15H22N2O4. The number of ether oxygens (including phenoxy) is 1. The molecule has 6 nitrogen and oxygen atoms in total. The fourth-order valence-corrected chi connectivity index (χ4v) is 1.83. The summed E-state index contributed by atoms with van der Waals surface area (Å²) in [6, 6.07) is 5.58. The maximum absolute atomic E-state index is 11.9. The highest BCUT2D eigenvalue weighted by molar-refractivity contribution is 5.93. The molecule has 0 radical (unpaired) electrons. The van der Waals surface area contributed by atoms with Crippen molar-refractivity contribution in [3.63, 3.8) is 0 Å². The molecule has 0 saturated heterocycles. The first-order valence-corrected chi connectivity index (χ1v) is 7.10. The Hall–Kier alpha value is -2.24. The topological polar surface area (TPSA) is 87.7 Å². The van der Waals surface area contributed by atoms with Gasteiger partial charge in [0.15, 0.2) is 0 Å². The number of aliphatic carboxylic acids is 1. The molecule has 116 valence electrons. The minimum absolute atomic E-state index is 0.409. The van der Waals surface area contributed by atoms with Crippen LogP contribution >= 0.6 is 0 Å². The second-order valence-corrected chi connectivity index (χ2v) is 4.56. The number of rotatable bonds is 8. The second-order valence-electron chi connectivity index (χ2n) is 4.56. The van der Waals surface area contributed by atoms with Crippen LogP contribution in [0.2, 0.25) is 0 Å². The van der Waals surface area contributed by atoms with E-state index in [2.05, 4.69) is 10.6 Å². The Balaban J connectivity index is 2.65. The number of urea groups is 1. The van der Waals surface area contributed by atoms with Gasteiger partial charge in [0.25, 0.3) is 0 Å². The zero-order valence-electron chi connectivity index (χ0n) is 12.4. The molecule has 1 unspecified atom stereocenters. The Labute approximate surface area is 124 Å². The largest absolute Gasteiger partial charge is 0.492 e. The molecule has 1 atom stereocenters. The number of hydrogen-bond donors (Lipinski definition) is 3. The van der Waals surface area contributed by atoms with Crippen molar-refractivity contribution in [1.29, 1.82) is 0 Å². The molecule has 1 rings (SSSR count). The van der Waals surface area contributed by atoms with Gasteiger partial charge in [-0.1, -0.05) is 31.9 Å². The van der Waals surface area contributed by atoms with Crippen molar-refractivity contribution in [2.24, 2.45) is 0 Å². The molecule has 0 aliphatic rings. The van der Waals surface area contributed by atoms with E-state index in [0.29, 0.717) is 24.5 Å². The predicted octanol–water partition coefficient (Wildman–Crippen LogP) is 2.85. The molecule has 1 aromatic carbocycles. The number of hydrogen-bond acceptors (Lipinski definition) is 3. The number of para-hydroxylation sites is 2. The number of carbonyl (C=O) groups excluding carboxylic acids is 1. The Kier molecular flexibility index (Phi) is 7.08. The summed E-state index contributed by atoms with van der Waals surface area (Å²) in [4.78, 5) is 23.0. The molecule has 1 aromatic rings. The van der Waals surface area contributed by atoms with E-state index >= 15 is 0 Å². The molecule has 0 saturated carbocycles. The fraction of sp³-hybridized carbons (Fsp3) is 0.467. The van der Waals surface area contributed by atoms with E-state index in [0.717, 1.165) is 12.8 Å². The summed E-state index contributed by atoms with van der Waals surface area (Å²) in [6.45, 7) is 4.30. The van der Waals surface area contributed by atoms with Gasteiger partial charge in [-0.3, -0.25) is 0 Å². The van der Waals surface area contributed by atoms with E-state index in [1.807, 2.05) is 13.8 Å². The molecule has 0 spiro atoms. The van der Waals surface area contributed by atoms with Gasteiger partial charge in [-0.05, 0) is 25.5 Å². The number of anilines is 1. The molecule has 0 bridgehead atoms. The molecule has 0 heterocycles. The number of nitrogens with one attached hydrogen (secondary N) is 2. The number of carboxylic acid groups (broad SMARTS) is 1. The van der Waals surface area contributed by atoms with Gasteiger partial charge in [-0.15, -0.1) is 0 Å². The fourth-order valence-electron chi connectivity index (χ4n) is 1.83. The summed E-state index contributed by atoms with van der Waals surface area (Å²) in [7, 11) is 0. The average molecular weight is 294 g/mol. The lowest BCUT2D eigenvalue weighted by molar-refractivity contribution is -0.139. The van der Waals surface area contributed by atoms with E-state index in [9.17, 15) is 9.59 Å². The lowest BCUT2D eigenvalue weighted by Crippen LogP contribution is -2.43. The van der Waals surface area contributed by atoms with E-state index in [-0.39, 0.29) is 0 Å². The Morgan fingerprint density at radius 2 is 2.00 bits per heavy atom. The lowest BCUT2D eigenvalue weighted by atomic mass is 10.1. The van der Waals surface area contributed by atoms with E-state index in [4.69, 9.17) is 9.84 Å². The average Bonchev–Trinajstić information content (AvgIpc) is 2.45. The van der Waals surface area contributed by atoms with Crippen LogP contribution in [0.4, 0.5) is 10.5 Å². The van der Waals surface area contributed by atoms with Gasteiger partial charge in [0.1, 0.15) is 11.8 Å². The van der Waals surface area contributed by atoms with Crippen molar-refractivity contribution in [2.45, 2.75) is 39.2 Å². The quantitative estimate of drug-likeness (QED) is 0.688. The maximum Gasteiger partial charge on any atom is 0.326 e. The van der Waals surface area contributed by atoms with E-state index < -0.39 is 18.0 Å². The lowest BCUT2D eigenvalue weighted by Gasteiger charge is -2.16. The number of amides is 2. The third-order valence-corrected chi connectivity index (χ3v) is 2.88. The maximum atomic E-state index is 11.9. The van der Waals surface area contributed by atoms with Gasteiger partial charge in [-0.25, -0.2) is 9.59 Å². The van der Waals surface area contributed by atoms with Gasteiger partial charge in [0.2, 0.25) is 0 Å². The van der Waals surface area contributed by atoms with Crippen molar-refractivity contribution in [3.05, 3.63) is 24.3 Å². The minimum Gasteiger partial charge on any atom is -0.492 e. The molecule has 2 amide bonds. The van der Waals surface area contributed by atoms with Crippen LogP contribution in [0.5, 0.6) is 5.75 Å². The number of carboxylic acids is 1. The third kappa shape index (κ3) is 5.72. The van der Waals surface area contributed by atoms with Crippen molar-refractivity contribution in [2.75, 3.05) is 11.9 Å². The van der Waals surface area contributed by atoms with Gasteiger partial charge in [0, 0.05) is 0 Å². The smallest absolute Gasteiger partial charge is 0.326 e. The second kappa shape index (κ2) is 8.84. The molecular weight excluding hydrogens is 272 g/mol. The zero-order valence-corrected chi connectivity index (χ0v) is 12.4. The first-order valence-electron chi connectivity index (χ1n) is 7.10. The van der Waals surface area contributed by atoms with Crippen molar-refractivity contribution < 1.29 is 19.4 Å². The van der Waals surface area contributed by atoms with Crippen LogP contribution < -0.4 is 15.4 Å². The minimum atomic E-state index is -1.03. The van der Waals surface area contributed by atoms with Crippen molar-refractivity contribution in [3.8, 4) is 5.75 Å². The van der Waals surface area contributed by atoms with E-state index in [1.165, 1.54) is 0 Å². The molecule has 0 aliphatic heterocycles. The monoisotopic (exact) mass is 294 g/mol. The van der Waals surface area contributed by atoms with E-state index in [1.54, 1.807) is 24.3 Å². The first kappa shape index (κ1) is 16.8. The Morgan fingerprint density at radius 1 is 1.29 bits per heavy atom. The molecule has 0 aliphatic carbocycles. The van der Waals surface area contributed by atoms with Crippen LogP contribution in [0.15, 0.2) is 24.3 Å². The van der Waals surface area contributed by atoms with Crippen LogP contribution in [0.1, 0.15) is 33.1 Å². The molecule has 0 fully saturated rings. The van der Waals surface area contributed by atoms with Crippen molar-refractivity contribution >= 4 is 17.7 Å². The first-order chi connectivity index (χ1) is 10.1. The van der Waals surface area contributed by atoms with Gasteiger partial charge in [0.05, 0.1) is 12.3 Å².